The van der Waals surface area contributed by atoms with Crippen LogP contribution in [0.5, 0.6) is 5.75 Å². The molecule has 1 rings (SSSR count). The number of ether oxygens (including phenoxy) is 2. The first kappa shape index (κ1) is 16.5. The molecule has 0 saturated heterocycles. The number of carbonyl (C=O) groups is 1. The van der Waals surface area contributed by atoms with Gasteiger partial charge in [0.1, 0.15) is 5.75 Å². The van der Waals surface area contributed by atoms with Crippen LogP contribution in [0, 0.1) is 0 Å². The number of amides is 1. The highest BCUT2D eigenvalue weighted by Gasteiger charge is 2.26. The third-order valence-electron chi connectivity index (χ3n) is 3.24. The van der Waals surface area contributed by atoms with Crippen molar-refractivity contribution in [2.24, 2.45) is 5.73 Å². The Bertz CT molecular complexity index is 442. The van der Waals surface area contributed by atoms with Gasteiger partial charge in [0.25, 0.3) is 0 Å². The van der Waals surface area contributed by atoms with Gasteiger partial charge < -0.3 is 20.5 Å². The summed E-state index contributed by atoms with van der Waals surface area (Å²) in [6.07, 6.45) is -0.0190. The highest BCUT2D eigenvalue weighted by Crippen LogP contribution is 2.29. The quantitative estimate of drug-likeness (QED) is 0.792. The minimum absolute atomic E-state index is 0.0989. The van der Waals surface area contributed by atoms with Crippen molar-refractivity contribution in [2.45, 2.75) is 31.9 Å². The number of nitrogens with two attached hydrogens (primary N) is 1. The lowest BCUT2D eigenvalue weighted by molar-refractivity contribution is -0.125. The standard InChI is InChI=1S/C15H24N2O3/c1-15(2,12-7-5-6-8-13(12)20-4)17-14(18)9-11(10-16)19-3/h5-8,11H,9-10,16H2,1-4H3,(H,17,18). The number of rotatable bonds is 7. The molecule has 0 fully saturated rings. The molecule has 5 nitrogen and oxygen atoms in total. The zero-order valence-electron chi connectivity index (χ0n) is 12.6. The van der Waals surface area contributed by atoms with E-state index in [9.17, 15) is 4.79 Å². The molecule has 0 spiro atoms. The third-order valence-corrected chi connectivity index (χ3v) is 3.24. The molecule has 20 heavy (non-hydrogen) atoms. The van der Waals surface area contributed by atoms with Crippen LogP contribution >= 0.6 is 0 Å². The lowest BCUT2D eigenvalue weighted by Crippen LogP contribution is -2.43. The van der Waals surface area contributed by atoms with Gasteiger partial charge in [0.15, 0.2) is 0 Å². The second-order valence-corrected chi connectivity index (χ2v) is 5.17. The van der Waals surface area contributed by atoms with Crippen LogP contribution in [-0.4, -0.2) is 32.8 Å². The highest BCUT2D eigenvalue weighted by molar-refractivity contribution is 5.77. The van der Waals surface area contributed by atoms with E-state index in [2.05, 4.69) is 5.32 Å². The van der Waals surface area contributed by atoms with E-state index in [4.69, 9.17) is 15.2 Å². The molecule has 0 aromatic heterocycles. The number of nitrogens with one attached hydrogen (secondary N) is 1. The Kier molecular flexibility index (Phi) is 5.98. The van der Waals surface area contributed by atoms with Gasteiger partial charge in [-0.15, -0.1) is 0 Å². The van der Waals surface area contributed by atoms with E-state index in [1.165, 1.54) is 0 Å². The fourth-order valence-electron chi connectivity index (χ4n) is 2.10. The van der Waals surface area contributed by atoms with Crippen molar-refractivity contribution < 1.29 is 14.3 Å². The molecule has 1 aromatic carbocycles. The summed E-state index contributed by atoms with van der Waals surface area (Å²) in [5.41, 5.74) is 5.92. The monoisotopic (exact) mass is 280 g/mol. The van der Waals surface area contributed by atoms with Gasteiger partial charge in [0.05, 0.1) is 25.2 Å². The van der Waals surface area contributed by atoms with Crippen LogP contribution in [0.3, 0.4) is 0 Å². The van der Waals surface area contributed by atoms with E-state index in [1.54, 1.807) is 14.2 Å². The van der Waals surface area contributed by atoms with Gasteiger partial charge >= 0.3 is 0 Å². The van der Waals surface area contributed by atoms with E-state index in [1.807, 2.05) is 38.1 Å². The molecule has 3 N–H and O–H groups in total. The van der Waals surface area contributed by atoms with Crippen LogP contribution in [-0.2, 0) is 15.1 Å². The summed E-state index contributed by atoms with van der Waals surface area (Å²) < 4.78 is 10.5. The summed E-state index contributed by atoms with van der Waals surface area (Å²) in [6, 6.07) is 7.64. The lowest BCUT2D eigenvalue weighted by atomic mass is 9.93. The second kappa shape index (κ2) is 7.26. The van der Waals surface area contributed by atoms with Gasteiger partial charge in [-0.1, -0.05) is 18.2 Å². The summed E-state index contributed by atoms with van der Waals surface area (Å²) in [7, 11) is 3.17. The van der Waals surface area contributed by atoms with E-state index in [-0.39, 0.29) is 18.4 Å². The van der Waals surface area contributed by atoms with Crippen LogP contribution in [0.4, 0.5) is 0 Å². The minimum Gasteiger partial charge on any atom is -0.496 e. The Balaban J connectivity index is 2.81. The second-order valence-electron chi connectivity index (χ2n) is 5.17. The molecular weight excluding hydrogens is 256 g/mol. The summed E-state index contributed by atoms with van der Waals surface area (Å²) in [5, 5.41) is 2.99. The summed E-state index contributed by atoms with van der Waals surface area (Å²) in [6.45, 7) is 4.19. The molecular formula is C15H24N2O3. The number of hydrogen-bond donors (Lipinski definition) is 2. The van der Waals surface area contributed by atoms with Crippen LogP contribution in [0.1, 0.15) is 25.8 Å². The maximum absolute atomic E-state index is 12.1. The predicted octanol–water partition coefficient (Wildman–Crippen LogP) is 1.41. The van der Waals surface area contributed by atoms with Crippen LogP contribution in [0.15, 0.2) is 24.3 Å². The van der Waals surface area contributed by atoms with Crippen LogP contribution in [0.2, 0.25) is 0 Å². The Labute approximate surface area is 120 Å². The third kappa shape index (κ3) is 4.21. The lowest BCUT2D eigenvalue weighted by Gasteiger charge is -2.29. The molecule has 0 aliphatic carbocycles. The van der Waals surface area contributed by atoms with Crippen LogP contribution in [0.25, 0.3) is 0 Å². The molecule has 0 aliphatic rings. The number of benzene rings is 1. The molecule has 5 heteroatoms. The largest absolute Gasteiger partial charge is 0.496 e. The SMILES string of the molecule is COc1ccccc1C(C)(C)NC(=O)CC(CN)OC. The summed E-state index contributed by atoms with van der Waals surface area (Å²) >= 11 is 0. The van der Waals surface area contributed by atoms with E-state index >= 15 is 0 Å². The van der Waals surface area contributed by atoms with Crippen molar-refractivity contribution in [1.29, 1.82) is 0 Å². The smallest absolute Gasteiger partial charge is 0.223 e. The first-order valence-corrected chi connectivity index (χ1v) is 6.62. The highest BCUT2D eigenvalue weighted by atomic mass is 16.5. The zero-order chi connectivity index (χ0) is 15.2. The fraction of sp³-hybridized carbons (Fsp3) is 0.533. The van der Waals surface area contributed by atoms with E-state index < -0.39 is 5.54 Å². The van der Waals surface area contributed by atoms with Gasteiger partial charge in [0, 0.05) is 19.2 Å². The molecule has 0 saturated carbocycles. The van der Waals surface area contributed by atoms with Gasteiger partial charge in [-0.05, 0) is 19.9 Å². The van der Waals surface area contributed by atoms with Gasteiger partial charge in [-0.25, -0.2) is 0 Å². The molecule has 1 amide bonds. The first-order chi connectivity index (χ1) is 9.44. The molecule has 112 valence electrons. The molecule has 0 heterocycles. The Morgan fingerprint density at radius 3 is 2.55 bits per heavy atom. The normalized spacial score (nSPS) is 12.8. The minimum atomic E-state index is -0.531. The Morgan fingerprint density at radius 1 is 1.35 bits per heavy atom. The Hall–Kier alpha value is -1.59. The zero-order valence-corrected chi connectivity index (χ0v) is 12.6. The van der Waals surface area contributed by atoms with Crippen molar-refractivity contribution in [3.63, 3.8) is 0 Å². The molecule has 1 aromatic rings. The predicted molar refractivity (Wildman–Crippen MR) is 78.6 cm³/mol. The first-order valence-electron chi connectivity index (χ1n) is 6.62. The number of hydrogen-bond acceptors (Lipinski definition) is 4. The molecule has 1 atom stereocenters. The summed E-state index contributed by atoms with van der Waals surface area (Å²) in [4.78, 5) is 12.1. The molecule has 0 bridgehead atoms. The fourth-order valence-corrected chi connectivity index (χ4v) is 2.10. The van der Waals surface area contributed by atoms with Gasteiger partial charge in [-0.2, -0.15) is 0 Å². The average molecular weight is 280 g/mol. The van der Waals surface area contributed by atoms with Crippen molar-refractivity contribution in [2.75, 3.05) is 20.8 Å². The van der Waals surface area contributed by atoms with E-state index in [0.29, 0.717) is 6.54 Å². The van der Waals surface area contributed by atoms with E-state index in [0.717, 1.165) is 11.3 Å². The number of para-hydroxylation sites is 1. The topological polar surface area (TPSA) is 73.6 Å². The van der Waals surface area contributed by atoms with Crippen molar-refractivity contribution in [3.05, 3.63) is 29.8 Å². The maximum Gasteiger partial charge on any atom is 0.223 e. The average Bonchev–Trinajstić information content (AvgIpc) is 2.44. The number of methoxy groups -OCH3 is 2. The summed E-state index contributed by atoms with van der Waals surface area (Å²) in [5.74, 6) is 0.651. The Morgan fingerprint density at radius 2 is 2.00 bits per heavy atom. The molecule has 0 radical (unpaired) electrons. The maximum atomic E-state index is 12.1. The van der Waals surface area contributed by atoms with Gasteiger partial charge in [-0.3, -0.25) is 4.79 Å². The molecule has 0 aliphatic heterocycles. The van der Waals surface area contributed by atoms with Crippen molar-refractivity contribution in [1.82, 2.24) is 5.32 Å². The van der Waals surface area contributed by atoms with Crippen molar-refractivity contribution in [3.8, 4) is 5.75 Å². The number of carbonyl (C=O) groups excluding carboxylic acids is 1. The van der Waals surface area contributed by atoms with Crippen molar-refractivity contribution >= 4 is 5.91 Å². The van der Waals surface area contributed by atoms with Crippen LogP contribution < -0.4 is 15.8 Å². The van der Waals surface area contributed by atoms with Gasteiger partial charge in [0.2, 0.25) is 5.91 Å². The molecule has 1 unspecified atom stereocenters.